The molecule has 0 bridgehead atoms. The van der Waals surface area contributed by atoms with Crippen molar-refractivity contribution in [2.45, 2.75) is 4.90 Å². The first-order chi connectivity index (χ1) is 13.9. The second kappa shape index (κ2) is 7.54. The Morgan fingerprint density at radius 1 is 0.759 bits per heavy atom. The fraction of sp³-hybridized carbons (Fsp3) is 0. The van der Waals surface area contributed by atoms with Gasteiger partial charge in [-0.2, -0.15) is 8.42 Å². The highest BCUT2D eigenvalue weighted by atomic mass is 32.2. The second-order valence-electron chi connectivity index (χ2n) is 6.65. The van der Waals surface area contributed by atoms with E-state index in [1.165, 1.54) is 6.07 Å². The number of rotatable bonds is 4. The molecule has 29 heavy (non-hydrogen) atoms. The van der Waals surface area contributed by atoms with Crippen LogP contribution in [-0.2, 0) is 10.1 Å². The number of phenolic OH excluding ortho intramolecular Hbond substituents is 1. The zero-order chi connectivity index (χ0) is 20.4. The maximum absolute atomic E-state index is 12.1. The van der Waals surface area contributed by atoms with Gasteiger partial charge in [0.2, 0.25) is 0 Å². The van der Waals surface area contributed by atoms with Gasteiger partial charge < -0.3 is 5.11 Å². The summed E-state index contributed by atoms with van der Waals surface area (Å²) < 4.78 is 33.9. The van der Waals surface area contributed by atoms with E-state index < -0.39 is 10.1 Å². The Morgan fingerprint density at radius 3 is 2.24 bits per heavy atom. The molecule has 4 aromatic rings. The number of fused-ring (bicyclic) bond motifs is 1. The number of hydrogen-bond donors (Lipinski definition) is 2. The molecule has 144 valence electrons. The molecule has 0 aromatic heterocycles. The van der Waals surface area contributed by atoms with Crippen molar-refractivity contribution in [2.75, 3.05) is 0 Å². The molecule has 0 atom stereocenters. The van der Waals surface area contributed by atoms with E-state index in [-0.39, 0.29) is 10.6 Å². The van der Waals surface area contributed by atoms with Gasteiger partial charge in [0.05, 0.1) is 0 Å². The van der Waals surface area contributed by atoms with Crippen molar-refractivity contribution < 1.29 is 18.1 Å². The van der Waals surface area contributed by atoms with Crippen LogP contribution < -0.4 is 0 Å². The lowest BCUT2D eigenvalue weighted by atomic mass is 9.96. The van der Waals surface area contributed by atoms with E-state index in [2.05, 4.69) is 0 Å². The van der Waals surface area contributed by atoms with Crippen molar-refractivity contribution in [2.24, 2.45) is 0 Å². The molecule has 2 N–H and O–H groups in total. The van der Waals surface area contributed by atoms with Gasteiger partial charge in [0.15, 0.2) is 0 Å². The van der Waals surface area contributed by atoms with Crippen molar-refractivity contribution in [1.29, 1.82) is 0 Å². The average Bonchev–Trinajstić information content (AvgIpc) is 2.72. The topological polar surface area (TPSA) is 74.6 Å². The van der Waals surface area contributed by atoms with Crippen molar-refractivity contribution >= 4 is 33.0 Å². The van der Waals surface area contributed by atoms with Crippen LogP contribution in [0.5, 0.6) is 5.75 Å². The summed E-state index contributed by atoms with van der Waals surface area (Å²) in [6.45, 7) is 0. The number of benzene rings is 4. The molecule has 0 unspecified atom stereocenters. The van der Waals surface area contributed by atoms with Crippen LogP contribution in [0.2, 0.25) is 0 Å². The minimum Gasteiger partial charge on any atom is -0.507 e. The summed E-state index contributed by atoms with van der Waals surface area (Å²) in [7, 11) is -4.47. The molecule has 0 aliphatic heterocycles. The molecule has 0 amide bonds. The summed E-state index contributed by atoms with van der Waals surface area (Å²) in [5.74, 6) is 0.0394. The molecule has 0 radical (unpaired) electrons. The Bertz CT molecular complexity index is 1320. The molecule has 0 fully saturated rings. The monoisotopic (exact) mass is 402 g/mol. The van der Waals surface area contributed by atoms with Gasteiger partial charge in [-0.1, -0.05) is 84.9 Å². The smallest absolute Gasteiger partial charge is 0.295 e. The summed E-state index contributed by atoms with van der Waals surface area (Å²) >= 11 is 0. The Balaban J connectivity index is 1.88. The van der Waals surface area contributed by atoms with Crippen molar-refractivity contribution in [1.82, 2.24) is 0 Å². The van der Waals surface area contributed by atoms with Crippen LogP contribution in [0.3, 0.4) is 0 Å². The summed E-state index contributed by atoms with van der Waals surface area (Å²) in [4.78, 5) is -0.213. The van der Waals surface area contributed by atoms with E-state index in [0.717, 1.165) is 16.3 Å². The van der Waals surface area contributed by atoms with E-state index in [1.54, 1.807) is 36.4 Å². The molecule has 4 rings (SSSR count). The van der Waals surface area contributed by atoms with Crippen molar-refractivity contribution in [3.63, 3.8) is 0 Å². The van der Waals surface area contributed by atoms with E-state index >= 15 is 0 Å². The lowest BCUT2D eigenvalue weighted by Gasteiger charge is -2.12. The molecule has 0 saturated carbocycles. The second-order valence-corrected chi connectivity index (χ2v) is 8.04. The third-order valence-electron chi connectivity index (χ3n) is 4.74. The molecule has 0 aliphatic rings. The highest BCUT2D eigenvalue weighted by Gasteiger charge is 2.18. The van der Waals surface area contributed by atoms with Crippen LogP contribution in [0, 0.1) is 0 Å². The number of phenols is 1. The summed E-state index contributed by atoms with van der Waals surface area (Å²) in [5, 5.41) is 12.2. The third kappa shape index (κ3) is 3.92. The van der Waals surface area contributed by atoms with Crippen LogP contribution in [0.4, 0.5) is 0 Å². The van der Waals surface area contributed by atoms with E-state index in [1.807, 2.05) is 54.6 Å². The fourth-order valence-electron chi connectivity index (χ4n) is 3.36. The van der Waals surface area contributed by atoms with E-state index in [9.17, 15) is 18.1 Å². The molecule has 0 saturated heterocycles. The molecular weight excluding hydrogens is 384 g/mol. The van der Waals surface area contributed by atoms with Crippen molar-refractivity contribution in [3.8, 4) is 16.9 Å². The van der Waals surface area contributed by atoms with Gasteiger partial charge in [-0.15, -0.1) is 0 Å². The van der Waals surface area contributed by atoms with Gasteiger partial charge in [-0.3, -0.25) is 4.55 Å². The fourth-order valence-corrected chi connectivity index (χ4v) is 4.07. The quantitative estimate of drug-likeness (QED) is 0.343. The van der Waals surface area contributed by atoms with Gasteiger partial charge in [-0.25, -0.2) is 0 Å². The first kappa shape index (κ1) is 18.9. The lowest BCUT2D eigenvalue weighted by molar-refractivity contribution is 0.477. The Hall–Kier alpha value is -3.41. The van der Waals surface area contributed by atoms with Gasteiger partial charge >= 0.3 is 0 Å². The van der Waals surface area contributed by atoms with Gasteiger partial charge in [0.25, 0.3) is 10.1 Å². The molecule has 0 spiro atoms. The minimum atomic E-state index is -4.47. The van der Waals surface area contributed by atoms with Crippen LogP contribution in [0.15, 0.2) is 89.8 Å². The van der Waals surface area contributed by atoms with Crippen LogP contribution >= 0.6 is 0 Å². The first-order valence-electron chi connectivity index (χ1n) is 8.99. The van der Waals surface area contributed by atoms with Gasteiger partial charge in [-0.05, 0) is 39.6 Å². The zero-order valence-corrected chi connectivity index (χ0v) is 16.2. The highest BCUT2D eigenvalue weighted by molar-refractivity contribution is 7.86. The van der Waals surface area contributed by atoms with Gasteiger partial charge in [0, 0.05) is 5.56 Å². The van der Waals surface area contributed by atoms with Crippen LogP contribution in [0.1, 0.15) is 11.1 Å². The van der Waals surface area contributed by atoms with Gasteiger partial charge in [0.1, 0.15) is 10.6 Å². The maximum atomic E-state index is 12.1. The molecule has 4 aromatic carbocycles. The Kier molecular flexibility index (Phi) is 4.92. The Morgan fingerprint density at radius 2 is 1.48 bits per heavy atom. The third-order valence-corrected chi connectivity index (χ3v) is 5.65. The number of aromatic hydroxyl groups is 1. The average molecular weight is 402 g/mol. The minimum absolute atomic E-state index is 0.0394. The van der Waals surface area contributed by atoms with E-state index in [0.29, 0.717) is 16.7 Å². The SMILES string of the molecule is O=S(=O)(O)c1cc(-c2c(O)ccc3ccccc23)ccc1/C=C/c1ccccc1. The number of hydrogen-bond acceptors (Lipinski definition) is 3. The summed E-state index contributed by atoms with van der Waals surface area (Å²) in [5.41, 5.74) is 2.29. The normalized spacial score (nSPS) is 11.9. The molecular formula is C24H18O4S. The predicted molar refractivity (Wildman–Crippen MR) is 116 cm³/mol. The Labute approximate surface area is 169 Å². The first-order valence-corrected chi connectivity index (χ1v) is 10.4. The van der Waals surface area contributed by atoms with E-state index in [4.69, 9.17) is 0 Å². The van der Waals surface area contributed by atoms with Crippen molar-refractivity contribution in [3.05, 3.63) is 96.1 Å². The standard InChI is InChI=1S/C24H18O4S/c25-22-15-14-18-8-4-5-9-21(18)24(22)20-13-12-19(23(16-20)29(26,27)28)11-10-17-6-2-1-3-7-17/h1-16,25H,(H,26,27,28)/b11-10+. The predicted octanol–water partition coefficient (Wildman–Crippen LogP) is 5.63. The van der Waals surface area contributed by atoms with Crippen LogP contribution in [-0.4, -0.2) is 18.1 Å². The molecule has 0 aliphatic carbocycles. The summed E-state index contributed by atoms with van der Waals surface area (Å²) in [6.07, 6.45) is 3.42. The van der Waals surface area contributed by atoms with Crippen LogP contribution in [0.25, 0.3) is 34.1 Å². The highest BCUT2D eigenvalue weighted by Crippen LogP contribution is 2.38. The largest absolute Gasteiger partial charge is 0.507 e. The molecule has 4 nitrogen and oxygen atoms in total. The maximum Gasteiger partial charge on any atom is 0.295 e. The summed E-state index contributed by atoms with van der Waals surface area (Å²) in [6, 6.07) is 25.1. The molecule has 5 heteroatoms. The molecule has 0 heterocycles. The zero-order valence-electron chi connectivity index (χ0n) is 15.4. The lowest BCUT2D eigenvalue weighted by Crippen LogP contribution is -2.01.